The van der Waals surface area contributed by atoms with E-state index in [1.165, 1.54) is 30.3 Å². The number of nitrogens with zero attached hydrogens (tertiary/aromatic N) is 1. The van der Waals surface area contributed by atoms with E-state index < -0.39 is 23.2 Å². The van der Waals surface area contributed by atoms with Gasteiger partial charge in [-0.1, -0.05) is 18.2 Å². The number of benzene rings is 3. The van der Waals surface area contributed by atoms with Gasteiger partial charge in [-0.25, -0.2) is 4.90 Å². The quantitative estimate of drug-likeness (QED) is 0.437. The van der Waals surface area contributed by atoms with Crippen LogP contribution in [0.5, 0.6) is 0 Å². The molecule has 0 unspecified atom stereocenters. The molecule has 1 aliphatic rings. The minimum Gasteiger partial charge on any atom is -0.322 e. The topological polar surface area (TPSA) is 66.5 Å². The average molecular weight is 442 g/mol. The molecule has 0 atom stereocenters. The van der Waals surface area contributed by atoms with Crippen molar-refractivity contribution in [2.45, 2.75) is 10.4 Å². The Balaban J connectivity index is 1.51. The first kappa shape index (κ1) is 20.7. The Kier molecular flexibility index (Phi) is 5.28. The van der Waals surface area contributed by atoms with E-state index in [1.807, 2.05) is 0 Å². The van der Waals surface area contributed by atoms with E-state index in [4.69, 9.17) is 0 Å². The molecule has 0 aliphatic carbocycles. The lowest BCUT2D eigenvalue weighted by Crippen LogP contribution is -2.29. The summed E-state index contributed by atoms with van der Waals surface area (Å²) in [7, 11) is 0. The van der Waals surface area contributed by atoms with Crippen LogP contribution in [0.4, 0.5) is 24.5 Å². The maximum Gasteiger partial charge on any atom is 0.446 e. The minimum absolute atomic E-state index is 0.0309. The Labute approximate surface area is 178 Å². The fourth-order valence-electron chi connectivity index (χ4n) is 3.16. The molecule has 0 aromatic heterocycles. The molecule has 0 saturated heterocycles. The molecule has 5 nitrogen and oxygen atoms in total. The SMILES string of the molecule is O=C(Nc1cccc(N2C(=O)c3ccccc3C2=O)c1)c1ccc(SC(F)(F)F)cc1. The molecule has 3 amide bonds. The molecule has 4 rings (SSSR count). The zero-order valence-electron chi connectivity index (χ0n) is 15.6. The average Bonchev–Trinajstić information content (AvgIpc) is 2.98. The van der Waals surface area contributed by atoms with Crippen LogP contribution in [0.25, 0.3) is 0 Å². The largest absolute Gasteiger partial charge is 0.446 e. The number of rotatable bonds is 4. The third-order valence-electron chi connectivity index (χ3n) is 4.51. The maximum atomic E-state index is 12.6. The van der Waals surface area contributed by atoms with Gasteiger partial charge in [-0.3, -0.25) is 14.4 Å². The standard InChI is InChI=1S/C22H13F3N2O3S/c23-22(24,25)31-16-10-8-13(9-11-16)19(28)26-14-4-3-5-15(12-14)27-20(29)17-6-1-2-7-18(17)21(27)30/h1-12H,(H,26,28). The highest BCUT2D eigenvalue weighted by Gasteiger charge is 2.36. The van der Waals surface area contributed by atoms with Crippen LogP contribution in [0.2, 0.25) is 0 Å². The van der Waals surface area contributed by atoms with E-state index in [2.05, 4.69) is 5.32 Å². The van der Waals surface area contributed by atoms with Gasteiger partial charge in [0.15, 0.2) is 0 Å². The summed E-state index contributed by atoms with van der Waals surface area (Å²) in [5.41, 5.74) is -3.02. The number of hydrogen-bond donors (Lipinski definition) is 1. The molecule has 1 N–H and O–H groups in total. The predicted molar refractivity (Wildman–Crippen MR) is 110 cm³/mol. The van der Waals surface area contributed by atoms with Gasteiger partial charge in [0.1, 0.15) is 0 Å². The molecule has 31 heavy (non-hydrogen) atoms. The summed E-state index contributed by atoms with van der Waals surface area (Å²) in [6.45, 7) is 0. The number of carbonyl (C=O) groups is 3. The van der Waals surface area contributed by atoms with Crippen LogP contribution in [-0.4, -0.2) is 23.2 Å². The van der Waals surface area contributed by atoms with Crippen molar-refractivity contribution >= 4 is 40.9 Å². The third kappa shape index (κ3) is 4.31. The van der Waals surface area contributed by atoms with E-state index in [0.717, 1.165) is 4.90 Å². The number of amides is 3. The fraction of sp³-hybridized carbons (Fsp3) is 0.0455. The molecule has 156 valence electrons. The normalized spacial score (nSPS) is 13.3. The first-order valence-electron chi connectivity index (χ1n) is 8.98. The number of imide groups is 1. The second kappa shape index (κ2) is 7.92. The summed E-state index contributed by atoms with van der Waals surface area (Å²) in [6, 6.07) is 17.7. The molecule has 3 aromatic rings. The molecule has 1 aliphatic heterocycles. The number of halogens is 3. The number of hydrogen-bond acceptors (Lipinski definition) is 4. The fourth-order valence-corrected chi connectivity index (χ4v) is 3.70. The van der Waals surface area contributed by atoms with Crippen LogP contribution in [0.3, 0.4) is 0 Å². The highest BCUT2D eigenvalue weighted by Crippen LogP contribution is 2.36. The van der Waals surface area contributed by atoms with E-state index >= 15 is 0 Å². The second-order valence-corrected chi connectivity index (χ2v) is 7.71. The smallest absolute Gasteiger partial charge is 0.322 e. The van der Waals surface area contributed by atoms with Gasteiger partial charge in [0, 0.05) is 16.1 Å². The summed E-state index contributed by atoms with van der Waals surface area (Å²) in [6.07, 6.45) is 0. The lowest BCUT2D eigenvalue weighted by atomic mass is 10.1. The Morgan fingerprint density at radius 3 is 2.03 bits per heavy atom. The second-order valence-electron chi connectivity index (χ2n) is 6.57. The van der Waals surface area contributed by atoms with Gasteiger partial charge in [0.05, 0.1) is 16.8 Å². The highest BCUT2D eigenvalue weighted by molar-refractivity contribution is 8.00. The zero-order valence-corrected chi connectivity index (χ0v) is 16.5. The molecular formula is C22H13F3N2O3S. The van der Waals surface area contributed by atoms with E-state index in [1.54, 1.807) is 42.5 Å². The monoisotopic (exact) mass is 442 g/mol. The van der Waals surface area contributed by atoms with Crippen molar-refractivity contribution in [3.8, 4) is 0 Å². The van der Waals surface area contributed by atoms with E-state index in [9.17, 15) is 27.6 Å². The number of nitrogens with one attached hydrogen (secondary N) is 1. The van der Waals surface area contributed by atoms with Gasteiger partial charge in [-0.2, -0.15) is 13.2 Å². The highest BCUT2D eigenvalue weighted by atomic mass is 32.2. The van der Waals surface area contributed by atoms with Crippen LogP contribution in [0, 0.1) is 0 Å². The summed E-state index contributed by atoms with van der Waals surface area (Å²) in [4.78, 5) is 38.7. The molecule has 3 aromatic carbocycles. The summed E-state index contributed by atoms with van der Waals surface area (Å²) in [5, 5.41) is 2.62. The van der Waals surface area contributed by atoms with Gasteiger partial charge in [-0.05, 0) is 66.4 Å². The van der Waals surface area contributed by atoms with Crippen molar-refractivity contribution in [2.75, 3.05) is 10.2 Å². The van der Waals surface area contributed by atoms with Crippen LogP contribution in [0.1, 0.15) is 31.1 Å². The maximum absolute atomic E-state index is 12.6. The molecular weight excluding hydrogens is 429 g/mol. The number of anilines is 2. The van der Waals surface area contributed by atoms with Crippen LogP contribution < -0.4 is 10.2 Å². The van der Waals surface area contributed by atoms with Crippen LogP contribution in [-0.2, 0) is 0 Å². The van der Waals surface area contributed by atoms with Gasteiger partial charge < -0.3 is 5.32 Å². The number of fused-ring (bicyclic) bond motifs is 1. The summed E-state index contributed by atoms with van der Waals surface area (Å²) in [5.74, 6) is -1.45. The zero-order chi connectivity index (χ0) is 22.2. The Bertz CT molecular complexity index is 1160. The molecule has 0 fully saturated rings. The van der Waals surface area contributed by atoms with Crippen LogP contribution in [0.15, 0.2) is 77.7 Å². The Hall–Kier alpha value is -3.59. The van der Waals surface area contributed by atoms with Crippen molar-refractivity contribution in [2.24, 2.45) is 0 Å². The van der Waals surface area contributed by atoms with Crippen molar-refractivity contribution in [3.05, 3.63) is 89.5 Å². The van der Waals surface area contributed by atoms with E-state index in [-0.39, 0.29) is 22.2 Å². The summed E-state index contributed by atoms with van der Waals surface area (Å²) >= 11 is -0.265. The van der Waals surface area contributed by atoms with E-state index in [0.29, 0.717) is 22.5 Å². The van der Waals surface area contributed by atoms with Crippen molar-refractivity contribution in [1.82, 2.24) is 0 Å². The molecule has 0 saturated carbocycles. The number of alkyl halides is 3. The van der Waals surface area contributed by atoms with Gasteiger partial charge >= 0.3 is 5.51 Å². The summed E-state index contributed by atoms with van der Waals surface area (Å²) < 4.78 is 37.3. The first-order valence-corrected chi connectivity index (χ1v) is 9.79. The Morgan fingerprint density at radius 1 is 0.839 bits per heavy atom. The molecule has 1 heterocycles. The number of carbonyl (C=O) groups excluding carboxylic acids is 3. The third-order valence-corrected chi connectivity index (χ3v) is 5.25. The first-order chi connectivity index (χ1) is 14.7. The van der Waals surface area contributed by atoms with Crippen molar-refractivity contribution in [3.63, 3.8) is 0 Å². The van der Waals surface area contributed by atoms with Crippen molar-refractivity contribution in [1.29, 1.82) is 0 Å². The lowest BCUT2D eigenvalue weighted by Gasteiger charge is -2.15. The van der Waals surface area contributed by atoms with Gasteiger partial charge in [0.2, 0.25) is 0 Å². The van der Waals surface area contributed by atoms with Crippen LogP contribution >= 0.6 is 11.8 Å². The molecule has 0 radical (unpaired) electrons. The lowest BCUT2D eigenvalue weighted by molar-refractivity contribution is -0.0328. The predicted octanol–water partition coefficient (Wildman–Crippen LogP) is 5.35. The Morgan fingerprint density at radius 2 is 1.45 bits per heavy atom. The number of thioether (sulfide) groups is 1. The van der Waals surface area contributed by atoms with Crippen molar-refractivity contribution < 1.29 is 27.6 Å². The minimum atomic E-state index is -4.41. The van der Waals surface area contributed by atoms with Gasteiger partial charge in [-0.15, -0.1) is 0 Å². The van der Waals surface area contributed by atoms with Gasteiger partial charge in [0.25, 0.3) is 17.7 Å². The molecule has 0 spiro atoms. The molecule has 9 heteroatoms. The molecule has 0 bridgehead atoms.